The molecule has 4 unspecified atom stereocenters. The third-order valence-electron chi connectivity index (χ3n) is 7.72. The first-order chi connectivity index (χ1) is 14.2. The molecule has 3 aliphatic heterocycles. The van der Waals surface area contributed by atoms with Gasteiger partial charge in [-0.05, 0) is 36.1 Å². The van der Waals surface area contributed by atoms with Crippen molar-refractivity contribution in [3.05, 3.63) is 77.7 Å². The van der Waals surface area contributed by atoms with Gasteiger partial charge >= 0.3 is 0 Å². The van der Waals surface area contributed by atoms with Crippen LogP contribution in [0.15, 0.2) is 60.8 Å². The second-order valence-corrected chi connectivity index (χ2v) is 9.17. The highest BCUT2D eigenvalue weighted by atomic mass is 19.1. The van der Waals surface area contributed by atoms with E-state index < -0.39 is 0 Å². The molecule has 3 aromatic rings. The predicted octanol–water partition coefficient (Wildman–Crippen LogP) is 5.75. The first-order valence-electron chi connectivity index (χ1n) is 11.1. The van der Waals surface area contributed by atoms with Gasteiger partial charge in [0.2, 0.25) is 0 Å². The predicted molar refractivity (Wildman–Crippen MR) is 116 cm³/mol. The van der Waals surface area contributed by atoms with E-state index in [0.717, 1.165) is 40.4 Å². The summed E-state index contributed by atoms with van der Waals surface area (Å²) in [4.78, 5) is 4.55. The maximum absolute atomic E-state index is 14.6. The average Bonchev–Trinajstić information content (AvgIpc) is 2.76. The zero-order chi connectivity index (χ0) is 19.8. The highest BCUT2D eigenvalue weighted by molar-refractivity contribution is 5.81. The van der Waals surface area contributed by atoms with Gasteiger partial charge in [0.1, 0.15) is 12.4 Å². The minimum absolute atomic E-state index is 0.0474. The molecule has 2 nitrogen and oxygen atoms in total. The normalized spacial score (nSPS) is 28.7. The zero-order valence-electron chi connectivity index (χ0n) is 17.2. The number of hydrogen-bond donors (Lipinski definition) is 0. The zero-order valence-corrected chi connectivity index (χ0v) is 17.2. The van der Waals surface area contributed by atoms with Gasteiger partial charge in [0.15, 0.2) is 0 Å². The van der Waals surface area contributed by atoms with E-state index in [1.54, 1.807) is 12.1 Å². The number of quaternary nitrogens is 1. The maximum Gasteiger partial charge on any atom is 0.132 e. The lowest BCUT2D eigenvalue weighted by molar-refractivity contribution is -0.982. The summed E-state index contributed by atoms with van der Waals surface area (Å²) in [5, 5.41) is 1.27. The largest absolute Gasteiger partial charge is 0.317 e. The van der Waals surface area contributed by atoms with Crippen molar-refractivity contribution in [1.82, 2.24) is 4.98 Å². The fourth-order valence-corrected chi connectivity index (χ4v) is 6.15. The summed E-state index contributed by atoms with van der Waals surface area (Å²) in [6.07, 6.45) is 6.81. The van der Waals surface area contributed by atoms with E-state index in [1.807, 2.05) is 18.3 Å². The minimum Gasteiger partial charge on any atom is -0.317 e. The van der Waals surface area contributed by atoms with Crippen molar-refractivity contribution >= 4 is 10.9 Å². The molecule has 150 valence electrons. The summed E-state index contributed by atoms with van der Waals surface area (Å²) >= 11 is 0. The molecule has 4 heterocycles. The Kier molecular flexibility index (Phi) is 4.87. The van der Waals surface area contributed by atoms with Crippen molar-refractivity contribution in [2.24, 2.45) is 11.8 Å². The fourth-order valence-electron chi connectivity index (χ4n) is 6.15. The molecule has 1 aromatic heterocycles. The van der Waals surface area contributed by atoms with Crippen LogP contribution in [0.3, 0.4) is 0 Å². The molecule has 3 saturated heterocycles. The van der Waals surface area contributed by atoms with Crippen LogP contribution in [0.4, 0.5) is 4.39 Å². The molecule has 2 bridgehead atoms. The highest BCUT2D eigenvalue weighted by Crippen LogP contribution is 2.45. The van der Waals surface area contributed by atoms with E-state index in [2.05, 4.69) is 42.2 Å². The standard InChI is InChI=1S/C26H30FN2/c1-2-19-17-29(18-22-7-3-5-9-25(22)27)14-12-20(19)15-23(29)16-21-11-13-28-26-10-6-4-8-24(21)26/h3-11,13,19-20,23H,2,12,14-18H2,1H3/q+1. The average molecular weight is 390 g/mol. The Morgan fingerprint density at radius 1 is 1.03 bits per heavy atom. The summed E-state index contributed by atoms with van der Waals surface area (Å²) in [5.74, 6) is 1.56. The Morgan fingerprint density at radius 2 is 1.86 bits per heavy atom. The van der Waals surface area contributed by atoms with Gasteiger partial charge < -0.3 is 4.48 Å². The first kappa shape index (κ1) is 18.7. The Hall–Kier alpha value is -2.26. The van der Waals surface area contributed by atoms with Crippen LogP contribution in [-0.4, -0.2) is 28.6 Å². The quantitative estimate of drug-likeness (QED) is 0.506. The summed E-state index contributed by atoms with van der Waals surface area (Å²) < 4.78 is 15.6. The molecule has 0 saturated carbocycles. The van der Waals surface area contributed by atoms with Gasteiger partial charge in [-0.2, -0.15) is 0 Å². The molecule has 3 heteroatoms. The number of para-hydroxylation sites is 1. The molecular formula is C26H30FN2+. The number of fused-ring (bicyclic) bond motifs is 4. The van der Waals surface area contributed by atoms with E-state index in [0.29, 0.717) is 6.04 Å². The number of halogens is 1. The summed E-state index contributed by atoms with van der Waals surface area (Å²) in [6, 6.07) is 18.6. The van der Waals surface area contributed by atoms with Crippen molar-refractivity contribution in [3.8, 4) is 0 Å². The molecule has 0 aliphatic carbocycles. The van der Waals surface area contributed by atoms with Crippen LogP contribution in [0.5, 0.6) is 0 Å². The molecule has 3 fully saturated rings. The molecular weight excluding hydrogens is 359 g/mol. The third-order valence-corrected chi connectivity index (χ3v) is 7.72. The van der Waals surface area contributed by atoms with Crippen molar-refractivity contribution < 1.29 is 8.87 Å². The van der Waals surface area contributed by atoms with Gasteiger partial charge in [0.25, 0.3) is 0 Å². The lowest BCUT2D eigenvalue weighted by atomic mass is 9.71. The van der Waals surface area contributed by atoms with Crippen LogP contribution < -0.4 is 0 Å². The Bertz CT molecular complexity index is 1010. The topological polar surface area (TPSA) is 12.9 Å². The number of hydrogen-bond acceptors (Lipinski definition) is 1. The van der Waals surface area contributed by atoms with Crippen LogP contribution in [0, 0.1) is 17.7 Å². The Labute approximate surface area is 173 Å². The van der Waals surface area contributed by atoms with Crippen molar-refractivity contribution in [1.29, 1.82) is 0 Å². The molecule has 0 radical (unpaired) electrons. The fraction of sp³-hybridized carbons (Fsp3) is 0.423. The summed E-state index contributed by atoms with van der Waals surface area (Å²) in [5.41, 5.74) is 3.35. The number of aromatic nitrogens is 1. The van der Waals surface area contributed by atoms with Crippen molar-refractivity contribution in [2.45, 2.75) is 45.2 Å². The minimum atomic E-state index is -0.0474. The van der Waals surface area contributed by atoms with Crippen LogP contribution in [0.25, 0.3) is 10.9 Å². The molecule has 3 aliphatic rings. The Morgan fingerprint density at radius 3 is 2.72 bits per heavy atom. The molecule has 0 N–H and O–H groups in total. The van der Waals surface area contributed by atoms with Gasteiger partial charge in [0.05, 0.1) is 24.6 Å². The van der Waals surface area contributed by atoms with Gasteiger partial charge in [-0.25, -0.2) is 4.39 Å². The molecule has 0 spiro atoms. The van der Waals surface area contributed by atoms with E-state index in [4.69, 9.17) is 0 Å². The highest BCUT2D eigenvalue weighted by Gasteiger charge is 2.51. The lowest BCUT2D eigenvalue weighted by Crippen LogP contribution is -2.66. The molecule has 0 amide bonds. The number of pyridine rings is 1. The van der Waals surface area contributed by atoms with E-state index >= 15 is 0 Å². The van der Waals surface area contributed by atoms with Crippen LogP contribution in [-0.2, 0) is 13.0 Å². The Balaban J connectivity index is 1.51. The number of benzene rings is 2. The summed E-state index contributed by atoms with van der Waals surface area (Å²) in [6.45, 7) is 5.54. The van der Waals surface area contributed by atoms with E-state index in [9.17, 15) is 4.39 Å². The second kappa shape index (κ2) is 7.53. The number of nitrogens with zero attached hydrogens (tertiary/aromatic N) is 2. The van der Waals surface area contributed by atoms with E-state index in [-0.39, 0.29) is 5.82 Å². The van der Waals surface area contributed by atoms with Gasteiger partial charge in [-0.1, -0.05) is 43.3 Å². The smallest absolute Gasteiger partial charge is 0.132 e. The molecule has 6 rings (SSSR count). The second-order valence-electron chi connectivity index (χ2n) is 9.17. The van der Waals surface area contributed by atoms with Crippen LogP contribution in [0.2, 0.25) is 0 Å². The maximum atomic E-state index is 14.6. The first-order valence-corrected chi connectivity index (χ1v) is 11.1. The number of piperidine rings is 3. The van der Waals surface area contributed by atoms with Gasteiger partial charge in [0, 0.05) is 42.3 Å². The van der Waals surface area contributed by atoms with Crippen molar-refractivity contribution in [3.63, 3.8) is 0 Å². The third kappa shape index (κ3) is 3.36. The SMILES string of the molecule is CCC1C[N+]2(Cc3ccccc3F)CCC1CC2Cc1ccnc2ccccc12. The summed E-state index contributed by atoms with van der Waals surface area (Å²) in [7, 11) is 0. The van der Waals surface area contributed by atoms with Gasteiger partial charge in [-0.3, -0.25) is 4.98 Å². The lowest BCUT2D eigenvalue weighted by Gasteiger charge is -2.57. The molecule has 29 heavy (non-hydrogen) atoms. The van der Waals surface area contributed by atoms with Crippen LogP contribution >= 0.6 is 0 Å². The molecule has 4 atom stereocenters. The monoisotopic (exact) mass is 389 g/mol. The van der Waals surface area contributed by atoms with Crippen LogP contribution in [0.1, 0.15) is 37.3 Å². The molecule has 2 aromatic carbocycles. The van der Waals surface area contributed by atoms with Crippen molar-refractivity contribution in [2.75, 3.05) is 13.1 Å². The van der Waals surface area contributed by atoms with E-state index in [1.165, 1.54) is 43.3 Å². The van der Waals surface area contributed by atoms with Gasteiger partial charge in [-0.15, -0.1) is 0 Å². The number of rotatable bonds is 5.